The summed E-state index contributed by atoms with van der Waals surface area (Å²) in [6, 6.07) is 31.6. The average molecular weight is 471 g/mol. The lowest BCUT2D eigenvalue weighted by Crippen LogP contribution is -1.89. The fourth-order valence-corrected chi connectivity index (χ4v) is 4.62. The van der Waals surface area contributed by atoms with Crippen LogP contribution in [0.3, 0.4) is 0 Å². The molecule has 0 N–H and O–H groups in total. The van der Waals surface area contributed by atoms with Gasteiger partial charge in [-0.15, -0.1) is 0 Å². The largest absolute Gasteiger partial charge is 0.496 e. The van der Waals surface area contributed by atoms with Crippen LogP contribution in [0.15, 0.2) is 106 Å². The van der Waals surface area contributed by atoms with Crippen molar-refractivity contribution in [2.45, 2.75) is 0 Å². The summed E-state index contributed by atoms with van der Waals surface area (Å²) in [7, 11) is 3.33. The van der Waals surface area contributed by atoms with Gasteiger partial charge in [-0.2, -0.15) is 0 Å². The highest BCUT2D eigenvalue weighted by atomic mass is 16.5. The Labute approximate surface area is 208 Å². The van der Waals surface area contributed by atoms with Gasteiger partial charge in [0.05, 0.1) is 14.2 Å². The van der Waals surface area contributed by atoms with Crippen molar-refractivity contribution in [3.8, 4) is 45.6 Å². The molecule has 0 aliphatic carbocycles. The predicted octanol–water partition coefficient (Wildman–Crippen LogP) is 7.93. The Balaban J connectivity index is 1.59. The zero-order valence-electron chi connectivity index (χ0n) is 19.9. The molecule has 6 rings (SSSR count). The Hall–Kier alpha value is -4.88. The summed E-state index contributed by atoms with van der Waals surface area (Å²) >= 11 is 0. The van der Waals surface area contributed by atoms with Crippen LogP contribution in [-0.4, -0.2) is 14.2 Å². The molecule has 6 aromatic rings. The monoisotopic (exact) mass is 470 g/mol. The molecular formula is C32H22O4. The van der Waals surface area contributed by atoms with Gasteiger partial charge in [0, 0.05) is 33.0 Å². The zero-order valence-corrected chi connectivity index (χ0v) is 19.9. The summed E-state index contributed by atoms with van der Waals surface area (Å²) in [5.74, 6) is 9.15. The highest BCUT2D eigenvalue weighted by Gasteiger charge is 2.20. The van der Waals surface area contributed by atoms with Gasteiger partial charge >= 0.3 is 0 Å². The zero-order chi connectivity index (χ0) is 24.5. The summed E-state index contributed by atoms with van der Waals surface area (Å²) < 4.78 is 23.8. The molecule has 0 atom stereocenters. The van der Waals surface area contributed by atoms with Crippen molar-refractivity contribution in [2.75, 3.05) is 14.2 Å². The van der Waals surface area contributed by atoms with Gasteiger partial charge in [0.1, 0.15) is 22.7 Å². The minimum atomic E-state index is 0.548. The number of fused-ring (bicyclic) bond motifs is 2. The number of para-hydroxylation sites is 4. The SMILES string of the molecule is COc1ccccc1-c1c(C#Cc2oc3ccccc3c2-c2ccccc2OC)oc2ccccc12. The lowest BCUT2D eigenvalue weighted by Gasteiger charge is -2.07. The van der Waals surface area contributed by atoms with E-state index in [0.29, 0.717) is 11.5 Å². The first kappa shape index (κ1) is 21.6. The summed E-state index contributed by atoms with van der Waals surface area (Å²) in [5.41, 5.74) is 5.15. The highest BCUT2D eigenvalue weighted by Crippen LogP contribution is 2.41. The molecular weight excluding hydrogens is 448 g/mol. The molecule has 0 radical (unpaired) electrons. The second-order valence-corrected chi connectivity index (χ2v) is 8.26. The third kappa shape index (κ3) is 3.59. The summed E-state index contributed by atoms with van der Waals surface area (Å²) in [4.78, 5) is 0. The number of ether oxygens (including phenoxy) is 2. The molecule has 0 spiro atoms. The van der Waals surface area contributed by atoms with Gasteiger partial charge in [0.15, 0.2) is 11.5 Å². The topological polar surface area (TPSA) is 44.7 Å². The van der Waals surface area contributed by atoms with E-state index in [1.54, 1.807) is 14.2 Å². The highest BCUT2D eigenvalue weighted by molar-refractivity contribution is 6.00. The molecule has 0 bridgehead atoms. The normalized spacial score (nSPS) is 10.8. The minimum absolute atomic E-state index is 0.548. The number of benzene rings is 4. The van der Waals surface area contributed by atoms with E-state index >= 15 is 0 Å². The Bertz CT molecular complexity index is 1650. The molecule has 4 aromatic carbocycles. The number of hydrogen-bond acceptors (Lipinski definition) is 4. The number of rotatable bonds is 4. The smallest absolute Gasteiger partial charge is 0.186 e. The maximum atomic E-state index is 6.24. The van der Waals surface area contributed by atoms with Gasteiger partial charge in [0.25, 0.3) is 0 Å². The molecule has 0 saturated carbocycles. The third-order valence-electron chi connectivity index (χ3n) is 6.23. The summed E-state index contributed by atoms with van der Waals surface area (Å²) in [6.45, 7) is 0. The summed E-state index contributed by atoms with van der Waals surface area (Å²) in [6.07, 6.45) is 0. The Morgan fingerprint density at radius 3 is 1.33 bits per heavy atom. The van der Waals surface area contributed by atoms with Crippen LogP contribution in [0.2, 0.25) is 0 Å². The van der Waals surface area contributed by atoms with Crippen molar-refractivity contribution in [1.29, 1.82) is 0 Å². The first-order valence-electron chi connectivity index (χ1n) is 11.6. The van der Waals surface area contributed by atoms with E-state index in [-0.39, 0.29) is 0 Å². The molecule has 0 saturated heterocycles. The number of furan rings is 2. The lowest BCUT2D eigenvalue weighted by atomic mass is 10.00. The first-order valence-corrected chi connectivity index (χ1v) is 11.6. The number of methoxy groups -OCH3 is 2. The molecule has 0 amide bonds. The molecule has 36 heavy (non-hydrogen) atoms. The van der Waals surface area contributed by atoms with E-state index < -0.39 is 0 Å². The van der Waals surface area contributed by atoms with Crippen molar-refractivity contribution in [3.05, 3.63) is 109 Å². The van der Waals surface area contributed by atoms with Crippen molar-refractivity contribution >= 4 is 21.9 Å². The lowest BCUT2D eigenvalue weighted by molar-refractivity contribution is 0.416. The maximum absolute atomic E-state index is 6.24. The average Bonchev–Trinajstić information content (AvgIpc) is 3.49. The minimum Gasteiger partial charge on any atom is -0.496 e. The maximum Gasteiger partial charge on any atom is 0.186 e. The molecule has 0 unspecified atom stereocenters. The van der Waals surface area contributed by atoms with Crippen LogP contribution in [0.25, 0.3) is 44.2 Å². The molecule has 0 aliphatic rings. The Morgan fingerprint density at radius 2 is 0.889 bits per heavy atom. The van der Waals surface area contributed by atoms with Gasteiger partial charge < -0.3 is 18.3 Å². The van der Waals surface area contributed by atoms with Gasteiger partial charge in [-0.25, -0.2) is 0 Å². The van der Waals surface area contributed by atoms with E-state index in [1.807, 2.05) is 97.1 Å². The molecule has 174 valence electrons. The van der Waals surface area contributed by atoms with Crippen LogP contribution in [0, 0.1) is 11.8 Å². The summed E-state index contributed by atoms with van der Waals surface area (Å²) in [5, 5.41) is 1.95. The van der Waals surface area contributed by atoms with Crippen LogP contribution >= 0.6 is 0 Å². The molecule has 0 aliphatic heterocycles. The molecule has 4 heteroatoms. The van der Waals surface area contributed by atoms with Gasteiger partial charge in [0.2, 0.25) is 0 Å². The fraction of sp³-hybridized carbons (Fsp3) is 0.0625. The van der Waals surface area contributed by atoms with E-state index in [0.717, 1.165) is 55.7 Å². The molecule has 0 fully saturated rings. The van der Waals surface area contributed by atoms with Gasteiger partial charge in [-0.1, -0.05) is 72.8 Å². The van der Waals surface area contributed by atoms with E-state index in [1.165, 1.54) is 0 Å². The predicted molar refractivity (Wildman–Crippen MR) is 142 cm³/mol. The third-order valence-corrected chi connectivity index (χ3v) is 6.23. The van der Waals surface area contributed by atoms with Crippen LogP contribution in [-0.2, 0) is 0 Å². The van der Waals surface area contributed by atoms with Crippen molar-refractivity contribution in [3.63, 3.8) is 0 Å². The Kier molecular flexibility index (Phi) is 5.44. The van der Waals surface area contributed by atoms with Crippen molar-refractivity contribution in [2.24, 2.45) is 0 Å². The van der Waals surface area contributed by atoms with Gasteiger partial charge in [-0.05, 0) is 36.1 Å². The van der Waals surface area contributed by atoms with Crippen molar-refractivity contribution < 1.29 is 18.3 Å². The standard InChI is InChI=1S/C32H22O4/c1-33-25-15-7-3-11-21(25)31-23-13-5-9-17-27(23)35-29(31)19-20-30-32(22-12-4-8-16-26(22)34-2)24-14-6-10-18-28(24)36-30/h3-18H,1-2H3. The Morgan fingerprint density at radius 1 is 0.500 bits per heavy atom. The van der Waals surface area contributed by atoms with E-state index in [4.69, 9.17) is 18.3 Å². The fourth-order valence-electron chi connectivity index (χ4n) is 4.62. The van der Waals surface area contributed by atoms with Crippen LogP contribution < -0.4 is 9.47 Å². The van der Waals surface area contributed by atoms with Crippen molar-refractivity contribution in [1.82, 2.24) is 0 Å². The van der Waals surface area contributed by atoms with E-state index in [9.17, 15) is 0 Å². The first-order chi connectivity index (χ1) is 17.8. The van der Waals surface area contributed by atoms with Crippen LogP contribution in [0.5, 0.6) is 11.5 Å². The second-order valence-electron chi connectivity index (χ2n) is 8.26. The van der Waals surface area contributed by atoms with Crippen LogP contribution in [0.4, 0.5) is 0 Å². The van der Waals surface area contributed by atoms with Gasteiger partial charge in [-0.3, -0.25) is 0 Å². The van der Waals surface area contributed by atoms with E-state index in [2.05, 4.69) is 11.8 Å². The van der Waals surface area contributed by atoms with Crippen LogP contribution in [0.1, 0.15) is 11.5 Å². The quantitative estimate of drug-likeness (QED) is 0.245. The number of hydrogen-bond donors (Lipinski definition) is 0. The second kappa shape index (κ2) is 9.05. The molecule has 2 aromatic heterocycles. The molecule has 4 nitrogen and oxygen atoms in total. The molecule has 2 heterocycles.